The Balaban J connectivity index is 1.61. The number of amides is 4. The van der Waals surface area contributed by atoms with Crippen LogP contribution >= 0.6 is 0 Å². The summed E-state index contributed by atoms with van der Waals surface area (Å²) in [5, 5.41) is 2.24. The number of carbonyl (C=O) groups is 3. The molecule has 172 valence electrons. The molecule has 0 aromatic heterocycles. The molecule has 1 fully saturated rings. The summed E-state index contributed by atoms with van der Waals surface area (Å²) in [6.45, 7) is 4.70. The van der Waals surface area contributed by atoms with Crippen LogP contribution in [0.1, 0.15) is 23.6 Å². The van der Waals surface area contributed by atoms with Gasteiger partial charge in [0.25, 0.3) is 11.8 Å². The van der Waals surface area contributed by atoms with Crippen LogP contribution in [-0.4, -0.2) is 24.5 Å². The lowest BCUT2D eigenvalue weighted by Crippen LogP contribution is -2.54. The summed E-state index contributed by atoms with van der Waals surface area (Å²) in [6.07, 6.45) is 1.44. The van der Waals surface area contributed by atoms with Crippen LogP contribution in [0.4, 0.5) is 10.5 Å². The summed E-state index contributed by atoms with van der Waals surface area (Å²) in [5.41, 5.74) is 2.84. The minimum absolute atomic E-state index is 0.167. The van der Waals surface area contributed by atoms with E-state index >= 15 is 0 Å². The molecule has 0 saturated carbocycles. The van der Waals surface area contributed by atoms with Crippen molar-refractivity contribution in [1.29, 1.82) is 0 Å². The van der Waals surface area contributed by atoms with Crippen LogP contribution in [0.5, 0.6) is 11.5 Å². The first-order valence-electron chi connectivity index (χ1n) is 10.9. The molecule has 1 saturated heterocycles. The number of hydrogen-bond acceptors (Lipinski definition) is 5. The third-order valence-corrected chi connectivity index (χ3v) is 5.20. The fourth-order valence-electron chi connectivity index (χ4n) is 3.60. The molecule has 0 unspecified atom stereocenters. The number of carbonyl (C=O) groups excluding carboxylic acids is 3. The van der Waals surface area contributed by atoms with E-state index in [0.717, 1.165) is 16.0 Å². The Labute approximate surface area is 197 Å². The van der Waals surface area contributed by atoms with Gasteiger partial charge in [0.05, 0.1) is 12.3 Å². The Hall–Kier alpha value is -4.39. The van der Waals surface area contributed by atoms with Crippen LogP contribution in [0.15, 0.2) is 78.4 Å². The van der Waals surface area contributed by atoms with E-state index in [4.69, 9.17) is 9.47 Å². The van der Waals surface area contributed by atoms with Crippen molar-refractivity contribution >= 4 is 29.6 Å². The number of anilines is 1. The second-order valence-electron chi connectivity index (χ2n) is 7.70. The van der Waals surface area contributed by atoms with E-state index in [-0.39, 0.29) is 5.57 Å². The van der Waals surface area contributed by atoms with Crippen LogP contribution in [0.3, 0.4) is 0 Å². The molecule has 3 aromatic carbocycles. The lowest BCUT2D eigenvalue weighted by atomic mass is 10.1. The molecular weight excluding hydrogens is 432 g/mol. The Bertz CT molecular complexity index is 1260. The van der Waals surface area contributed by atoms with Crippen molar-refractivity contribution in [3.05, 3.63) is 95.1 Å². The van der Waals surface area contributed by atoms with Gasteiger partial charge in [0.15, 0.2) is 0 Å². The molecule has 1 aliphatic rings. The maximum absolute atomic E-state index is 13.2. The number of para-hydroxylation sites is 1. The predicted molar refractivity (Wildman–Crippen MR) is 129 cm³/mol. The van der Waals surface area contributed by atoms with E-state index in [1.165, 1.54) is 6.08 Å². The first kappa shape index (κ1) is 22.8. The summed E-state index contributed by atoms with van der Waals surface area (Å²) in [7, 11) is 0. The van der Waals surface area contributed by atoms with Gasteiger partial charge in [-0.15, -0.1) is 0 Å². The van der Waals surface area contributed by atoms with Gasteiger partial charge in [0.2, 0.25) is 0 Å². The maximum atomic E-state index is 13.2. The molecule has 7 heteroatoms. The number of hydrogen-bond donors (Lipinski definition) is 1. The highest BCUT2D eigenvalue weighted by Crippen LogP contribution is 2.27. The zero-order valence-electron chi connectivity index (χ0n) is 18.9. The highest BCUT2D eigenvalue weighted by atomic mass is 16.5. The quantitative estimate of drug-likeness (QED) is 0.414. The number of nitrogens with zero attached hydrogens (tertiary/aromatic N) is 1. The van der Waals surface area contributed by atoms with E-state index < -0.39 is 17.8 Å². The molecule has 7 nitrogen and oxygen atoms in total. The molecule has 4 amide bonds. The van der Waals surface area contributed by atoms with Crippen LogP contribution in [0, 0.1) is 6.92 Å². The molecule has 0 bridgehead atoms. The largest absolute Gasteiger partial charge is 0.494 e. The number of barbiturate groups is 1. The van der Waals surface area contributed by atoms with Gasteiger partial charge in [0, 0.05) is 5.56 Å². The lowest BCUT2D eigenvalue weighted by Gasteiger charge is -2.26. The lowest BCUT2D eigenvalue weighted by molar-refractivity contribution is -0.122. The van der Waals surface area contributed by atoms with Crippen molar-refractivity contribution in [3.63, 3.8) is 0 Å². The van der Waals surface area contributed by atoms with Crippen LogP contribution in [0.25, 0.3) is 6.08 Å². The van der Waals surface area contributed by atoms with Gasteiger partial charge in [-0.2, -0.15) is 0 Å². The van der Waals surface area contributed by atoms with Gasteiger partial charge in [-0.05, 0) is 55.8 Å². The molecular formula is C27H24N2O5. The Kier molecular flexibility index (Phi) is 6.73. The van der Waals surface area contributed by atoms with Gasteiger partial charge in [-0.3, -0.25) is 14.9 Å². The average Bonchev–Trinajstić information content (AvgIpc) is 2.82. The summed E-state index contributed by atoms with van der Waals surface area (Å²) in [4.78, 5) is 39.1. The smallest absolute Gasteiger partial charge is 0.335 e. The van der Waals surface area contributed by atoms with Crippen molar-refractivity contribution in [3.8, 4) is 11.5 Å². The minimum Gasteiger partial charge on any atom is -0.494 e. The monoisotopic (exact) mass is 456 g/mol. The summed E-state index contributed by atoms with van der Waals surface area (Å²) in [6, 6.07) is 20.8. The van der Waals surface area contributed by atoms with Crippen molar-refractivity contribution in [2.24, 2.45) is 0 Å². The van der Waals surface area contributed by atoms with E-state index in [2.05, 4.69) is 5.32 Å². The molecule has 1 N–H and O–H groups in total. The molecule has 34 heavy (non-hydrogen) atoms. The second kappa shape index (κ2) is 10.0. The standard InChI is InChI=1S/C27H24N2O5/c1-3-33-22-13-11-21(12-14-22)29-26(31)23(25(30)28-27(29)32)16-20-9-4-5-10-24(20)34-17-19-8-6-7-18(2)15-19/h4-16H,3,17H2,1-2H3,(H,28,30,32)/b23-16+. The Morgan fingerprint density at radius 3 is 2.41 bits per heavy atom. The third kappa shape index (κ3) is 4.99. The fourth-order valence-corrected chi connectivity index (χ4v) is 3.60. The van der Waals surface area contributed by atoms with Crippen molar-refractivity contribution in [2.75, 3.05) is 11.5 Å². The SMILES string of the molecule is CCOc1ccc(N2C(=O)NC(=O)/C(=C\c3ccccc3OCc3cccc(C)c3)C2=O)cc1. The number of rotatable bonds is 7. The summed E-state index contributed by atoms with van der Waals surface area (Å²) >= 11 is 0. The number of urea groups is 1. The van der Waals surface area contributed by atoms with E-state index in [1.807, 2.05) is 44.2 Å². The maximum Gasteiger partial charge on any atom is 0.335 e. The number of ether oxygens (including phenoxy) is 2. The first-order chi connectivity index (χ1) is 16.5. The number of imide groups is 2. The number of aryl methyl sites for hydroxylation is 1. The molecule has 3 aromatic rings. The molecule has 0 atom stereocenters. The highest BCUT2D eigenvalue weighted by molar-refractivity contribution is 6.39. The average molecular weight is 456 g/mol. The molecule has 4 rings (SSSR count). The van der Waals surface area contributed by atoms with Crippen LogP contribution in [0.2, 0.25) is 0 Å². The van der Waals surface area contributed by atoms with Crippen LogP contribution in [-0.2, 0) is 16.2 Å². The molecule has 1 aliphatic heterocycles. The van der Waals surface area contributed by atoms with Crippen LogP contribution < -0.4 is 19.7 Å². The molecule has 1 heterocycles. The van der Waals surface area contributed by atoms with Crippen molar-refractivity contribution < 1.29 is 23.9 Å². The number of nitrogens with one attached hydrogen (secondary N) is 1. The molecule has 0 radical (unpaired) electrons. The van der Waals surface area contributed by atoms with Gasteiger partial charge in [-0.1, -0.05) is 48.0 Å². The van der Waals surface area contributed by atoms with Gasteiger partial charge in [-0.25, -0.2) is 9.69 Å². The minimum atomic E-state index is -0.805. The van der Waals surface area contributed by atoms with Gasteiger partial charge in [0.1, 0.15) is 23.7 Å². The Morgan fingerprint density at radius 2 is 1.68 bits per heavy atom. The van der Waals surface area contributed by atoms with Gasteiger partial charge < -0.3 is 9.47 Å². The van der Waals surface area contributed by atoms with E-state index in [1.54, 1.807) is 42.5 Å². The zero-order chi connectivity index (χ0) is 24.1. The molecule has 0 aliphatic carbocycles. The van der Waals surface area contributed by atoms with Crippen molar-refractivity contribution in [2.45, 2.75) is 20.5 Å². The fraction of sp³-hybridized carbons (Fsp3) is 0.148. The zero-order valence-corrected chi connectivity index (χ0v) is 18.9. The summed E-state index contributed by atoms with van der Waals surface area (Å²) in [5.74, 6) is -0.346. The predicted octanol–water partition coefficient (Wildman–Crippen LogP) is 4.64. The number of benzene rings is 3. The molecule has 0 spiro atoms. The Morgan fingerprint density at radius 1 is 0.912 bits per heavy atom. The summed E-state index contributed by atoms with van der Waals surface area (Å²) < 4.78 is 11.4. The second-order valence-corrected chi connectivity index (χ2v) is 7.70. The van der Waals surface area contributed by atoms with E-state index in [9.17, 15) is 14.4 Å². The van der Waals surface area contributed by atoms with E-state index in [0.29, 0.717) is 36.0 Å². The van der Waals surface area contributed by atoms with Gasteiger partial charge >= 0.3 is 6.03 Å². The first-order valence-corrected chi connectivity index (χ1v) is 10.9. The van der Waals surface area contributed by atoms with Crippen molar-refractivity contribution in [1.82, 2.24) is 5.32 Å². The topological polar surface area (TPSA) is 84.9 Å². The highest BCUT2D eigenvalue weighted by Gasteiger charge is 2.37. The normalized spacial score (nSPS) is 14.8. The third-order valence-electron chi connectivity index (χ3n) is 5.20.